The SMILES string of the molecule is Nc1c2c(cc(=O)n1-c1ccc(-c3ccc(OCc4ccccc4)cc3)cc1)C(=O)NC2=O. The van der Waals surface area contributed by atoms with E-state index in [1.807, 2.05) is 66.7 Å². The van der Waals surface area contributed by atoms with Crippen LogP contribution in [-0.2, 0) is 6.61 Å². The molecule has 2 heterocycles. The number of ether oxygens (including phenoxy) is 1. The molecule has 7 nitrogen and oxygen atoms in total. The van der Waals surface area contributed by atoms with Crippen LogP contribution in [0.25, 0.3) is 16.8 Å². The molecule has 162 valence electrons. The Morgan fingerprint density at radius 2 is 1.42 bits per heavy atom. The van der Waals surface area contributed by atoms with Gasteiger partial charge in [-0.25, -0.2) is 0 Å². The van der Waals surface area contributed by atoms with Crippen LogP contribution >= 0.6 is 0 Å². The van der Waals surface area contributed by atoms with E-state index in [9.17, 15) is 14.4 Å². The lowest BCUT2D eigenvalue weighted by atomic mass is 10.0. The molecule has 1 aliphatic heterocycles. The number of hydrogen-bond donors (Lipinski definition) is 2. The summed E-state index contributed by atoms with van der Waals surface area (Å²) in [6.45, 7) is 0.495. The van der Waals surface area contributed by atoms with Gasteiger partial charge in [-0.2, -0.15) is 0 Å². The van der Waals surface area contributed by atoms with Crippen LogP contribution in [-0.4, -0.2) is 16.4 Å². The van der Waals surface area contributed by atoms with Gasteiger partial charge < -0.3 is 10.5 Å². The molecule has 1 aromatic heterocycles. The van der Waals surface area contributed by atoms with Gasteiger partial charge in [0.2, 0.25) is 0 Å². The van der Waals surface area contributed by atoms with Crippen LogP contribution in [0, 0.1) is 0 Å². The number of anilines is 1. The molecule has 3 aromatic carbocycles. The summed E-state index contributed by atoms with van der Waals surface area (Å²) >= 11 is 0. The van der Waals surface area contributed by atoms with Crippen molar-refractivity contribution in [3.05, 3.63) is 112 Å². The second-order valence-electron chi connectivity index (χ2n) is 7.62. The van der Waals surface area contributed by atoms with Crippen molar-refractivity contribution in [3.8, 4) is 22.6 Å². The van der Waals surface area contributed by atoms with Gasteiger partial charge in [0.25, 0.3) is 17.4 Å². The van der Waals surface area contributed by atoms with E-state index >= 15 is 0 Å². The number of nitrogen functional groups attached to an aromatic ring is 1. The third-order valence-electron chi connectivity index (χ3n) is 5.51. The predicted octanol–water partition coefficient (Wildman–Crippen LogP) is 3.55. The second kappa shape index (κ2) is 8.12. The molecule has 5 rings (SSSR count). The van der Waals surface area contributed by atoms with Crippen molar-refractivity contribution in [2.45, 2.75) is 6.61 Å². The molecule has 2 amide bonds. The van der Waals surface area contributed by atoms with Crippen molar-refractivity contribution in [3.63, 3.8) is 0 Å². The average molecular weight is 437 g/mol. The van der Waals surface area contributed by atoms with Gasteiger partial charge in [0.1, 0.15) is 18.2 Å². The Morgan fingerprint density at radius 1 is 0.788 bits per heavy atom. The van der Waals surface area contributed by atoms with Gasteiger partial charge >= 0.3 is 0 Å². The Morgan fingerprint density at radius 3 is 2.09 bits per heavy atom. The van der Waals surface area contributed by atoms with Gasteiger partial charge in [0.05, 0.1) is 16.8 Å². The predicted molar refractivity (Wildman–Crippen MR) is 124 cm³/mol. The summed E-state index contributed by atoms with van der Waals surface area (Å²) in [5.41, 5.74) is 9.15. The molecule has 0 unspecified atom stereocenters. The quantitative estimate of drug-likeness (QED) is 0.465. The summed E-state index contributed by atoms with van der Waals surface area (Å²) in [7, 11) is 0. The molecule has 33 heavy (non-hydrogen) atoms. The molecular formula is C26H19N3O4. The number of pyridine rings is 1. The van der Waals surface area contributed by atoms with Gasteiger partial charge in [0.15, 0.2) is 0 Å². The molecule has 0 aliphatic carbocycles. The van der Waals surface area contributed by atoms with E-state index in [0.29, 0.717) is 12.3 Å². The van der Waals surface area contributed by atoms with Crippen LogP contribution in [0.1, 0.15) is 26.3 Å². The number of benzene rings is 3. The fraction of sp³-hybridized carbons (Fsp3) is 0.0385. The highest BCUT2D eigenvalue weighted by molar-refractivity contribution is 6.23. The number of carbonyl (C=O) groups is 2. The summed E-state index contributed by atoms with van der Waals surface area (Å²) in [6.07, 6.45) is 0. The maximum absolute atomic E-state index is 12.6. The fourth-order valence-electron chi connectivity index (χ4n) is 3.83. The molecule has 0 fully saturated rings. The number of imide groups is 1. The van der Waals surface area contributed by atoms with Crippen LogP contribution in [0.5, 0.6) is 5.75 Å². The summed E-state index contributed by atoms with van der Waals surface area (Å²) in [5.74, 6) is -0.511. The first-order chi connectivity index (χ1) is 16.0. The Balaban J connectivity index is 1.37. The molecule has 0 bridgehead atoms. The first-order valence-electron chi connectivity index (χ1n) is 10.3. The third-order valence-corrected chi connectivity index (χ3v) is 5.51. The molecule has 3 N–H and O–H groups in total. The van der Waals surface area contributed by atoms with Crippen LogP contribution in [0.4, 0.5) is 5.82 Å². The first kappa shape index (κ1) is 20.3. The molecule has 0 spiro atoms. The molecule has 1 aliphatic rings. The van der Waals surface area contributed by atoms with Crippen LogP contribution in [0.15, 0.2) is 89.7 Å². The van der Waals surface area contributed by atoms with Crippen molar-refractivity contribution in [1.29, 1.82) is 0 Å². The topological polar surface area (TPSA) is 103 Å². The Labute approximate surface area is 189 Å². The molecule has 7 heteroatoms. The van der Waals surface area contributed by atoms with Crippen molar-refractivity contribution in [2.24, 2.45) is 0 Å². The minimum atomic E-state index is -0.613. The normalized spacial score (nSPS) is 12.4. The molecule has 4 aromatic rings. The standard InChI is InChI=1S/C26H19N3O4/c27-24-23-21(25(31)28-26(23)32)14-22(30)29(24)19-10-6-17(7-11-19)18-8-12-20(13-9-18)33-15-16-4-2-1-3-5-16/h1-14H,15,27H2,(H,28,31,32). The minimum absolute atomic E-state index is 0.00458. The number of nitrogens with one attached hydrogen (secondary N) is 1. The molecular weight excluding hydrogens is 418 g/mol. The van der Waals surface area contributed by atoms with Crippen molar-refractivity contribution >= 4 is 17.6 Å². The number of nitrogens with zero attached hydrogens (tertiary/aromatic N) is 1. The van der Waals surface area contributed by atoms with Crippen molar-refractivity contribution in [2.75, 3.05) is 5.73 Å². The molecule has 0 radical (unpaired) electrons. The fourth-order valence-corrected chi connectivity index (χ4v) is 3.83. The number of hydrogen-bond acceptors (Lipinski definition) is 5. The Hall–Kier alpha value is -4.65. The van der Waals surface area contributed by atoms with E-state index < -0.39 is 17.4 Å². The number of rotatable bonds is 5. The van der Waals surface area contributed by atoms with Crippen LogP contribution < -0.4 is 21.3 Å². The maximum atomic E-state index is 12.6. The monoisotopic (exact) mass is 437 g/mol. The number of amides is 2. The number of nitrogens with two attached hydrogens (primary N) is 1. The molecule has 0 saturated heterocycles. The van der Waals surface area contributed by atoms with Gasteiger partial charge in [-0.1, -0.05) is 54.6 Å². The lowest BCUT2D eigenvalue weighted by molar-refractivity contribution is 0.0880. The summed E-state index contributed by atoms with van der Waals surface area (Å²) in [5, 5.41) is 2.16. The summed E-state index contributed by atoms with van der Waals surface area (Å²) in [4.78, 5) is 36.5. The smallest absolute Gasteiger partial charge is 0.262 e. The van der Waals surface area contributed by atoms with Gasteiger partial charge in [-0.15, -0.1) is 0 Å². The van der Waals surface area contributed by atoms with E-state index in [1.54, 1.807) is 12.1 Å². The van der Waals surface area contributed by atoms with E-state index in [-0.39, 0.29) is 16.9 Å². The summed E-state index contributed by atoms with van der Waals surface area (Å²) < 4.78 is 7.05. The highest BCUT2D eigenvalue weighted by Crippen LogP contribution is 2.26. The lowest BCUT2D eigenvalue weighted by Gasteiger charge is -2.12. The zero-order chi connectivity index (χ0) is 22.9. The van der Waals surface area contributed by atoms with Crippen LogP contribution in [0.3, 0.4) is 0 Å². The van der Waals surface area contributed by atoms with Gasteiger partial charge in [-0.3, -0.25) is 24.3 Å². The zero-order valence-electron chi connectivity index (χ0n) is 17.4. The highest BCUT2D eigenvalue weighted by Gasteiger charge is 2.31. The lowest BCUT2D eigenvalue weighted by Crippen LogP contribution is -2.24. The Kier molecular flexibility index (Phi) is 4.99. The van der Waals surface area contributed by atoms with Gasteiger partial charge in [0, 0.05) is 6.07 Å². The van der Waals surface area contributed by atoms with Crippen LogP contribution in [0.2, 0.25) is 0 Å². The molecule has 0 saturated carbocycles. The van der Waals surface area contributed by atoms with E-state index in [4.69, 9.17) is 10.5 Å². The number of fused-ring (bicyclic) bond motifs is 1. The second-order valence-corrected chi connectivity index (χ2v) is 7.62. The summed E-state index contributed by atoms with van der Waals surface area (Å²) in [6, 6.07) is 26.0. The van der Waals surface area contributed by atoms with E-state index in [2.05, 4.69) is 5.32 Å². The Bertz CT molecular complexity index is 1420. The minimum Gasteiger partial charge on any atom is -0.489 e. The van der Waals surface area contributed by atoms with Crippen molar-refractivity contribution < 1.29 is 14.3 Å². The third kappa shape index (κ3) is 3.76. The maximum Gasteiger partial charge on any atom is 0.262 e. The number of carbonyl (C=O) groups excluding carboxylic acids is 2. The average Bonchev–Trinajstić information content (AvgIpc) is 3.12. The largest absolute Gasteiger partial charge is 0.489 e. The van der Waals surface area contributed by atoms with Gasteiger partial charge in [-0.05, 0) is 41.0 Å². The van der Waals surface area contributed by atoms with E-state index in [0.717, 1.165) is 28.5 Å². The van der Waals surface area contributed by atoms with Crippen molar-refractivity contribution in [1.82, 2.24) is 9.88 Å². The van der Waals surface area contributed by atoms with E-state index in [1.165, 1.54) is 4.57 Å². The highest BCUT2D eigenvalue weighted by atomic mass is 16.5. The zero-order valence-corrected chi connectivity index (χ0v) is 17.4. The number of aromatic nitrogens is 1. The molecule has 0 atom stereocenters. The first-order valence-corrected chi connectivity index (χ1v) is 10.3.